The van der Waals surface area contributed by atoms with E-state index >= 15 is 0 Å². The van der Waals surface area contributed by atoms with Crippen molar-refractivity contribution >= 4 is 11.9 Å². The van der Waals surface area contributed by atoms with Crippen molar-refractivity contribution in [3.8, 4) is 0 Å². The molecule has 0 aliphatic rings. The Morgan fingerprint density at radius 2 is 1.72 bits per heavy atom. The molecule has 25 heavy (non-hydrogen) atoms. The molecular weight excluding hydrogens is 372 g/mol. The Labute approximate surface area is 142 Å². The summed E-state index contributed by atoms with van der Waals surface area (Å²) >= 11 is 0.515. The number of nitrogens with zero attached hydrogens (tertiary/aromatic N) is 2. The van der Waals surface area contributed by atoms with Gasteiger partial charge in [-0.25, -0.2) is 9.40 Å². The number of hydrogen-bond donors (Lipinski definition) is 1. The highest BCUT2D eigenvalue weighted by Crippen LogP contribution is 2.36. The minimum atomic E-state index is -4.75. The minimum Gasteiger partial charge on any atom is -0.268 e. The molecule has 11 heteroatoms. The maximum atomic E-state index is 13.2. The molecule has 0 saturated heterocycles. The van der Waals surface area contributed by atoms with Crippen molar-refractivity contribution in [3.05, 3.63) is 58.0 Å². The van der Waals surface area contributed by atoms with Crippen LogP contribution in [0, 0.1) is 0 Å². The molecule has 0 radical (unpaired) electrons. The molecule has 0 amide bonds. The normalized spacial score (nSPS) is 13.7. The topological polar surface area (TPSA) is 46.9 Å². The fourth-order valence-corrected chi connectivity index (χ4v) is 2.61. The van der Waals surface area contributed by atoms with Crippen LogP contribution in [0.5, 0.6) is 0 Å². The maximum absolute atomic E-state index is 13.2. The van der Waals surface area contributed by atoms with E-state index in [4.69, 9.17) is 0 Å². The van der Waals surface area contributed by atoms with E-state index in [1.54, 1.807) is 0 Å². The molecule has 0 spiro atoms. The molecule has 0 bridgehead atoms. The van der Waals surface area contributed by atoms with Gasteiger partial charge >= 0.3 is 12.4 Å². The van der Waals surface area contributed by atoms with Crippen LogP contribution >= 0.6 is 11.9 Å². The molecular formula is C14H11F6N3OS. The molecule has 0 fully saturated rings. The third kappa shape index (κ3) is 4.98. The highest BCUT2D eigenvalue weighted by molar-refractivity contribution is 7.97. The molecule has 1 aromatic carbocycles. The lowest BCUT2D eigenvalue weighted by Gasteiger charge is -2.22. The highest BCUT2D eigenvalue weighted by atomic mass is 32.2. The molecule has 136 valence electrons. The monoisotopic (exact) mass is 383 g/mol. The van der Waals surface area contributed by atoms with E-state index in [1.807, 2.05) is 0 Å². The molecule has 1 N–H and O–H groups in total. The molecule has 1 unspecified atom stereocenters. The van der Waals surface area contributed by atoms with Crippen molar-refractivity contribution < 1.29 is 26.3 Å². The van der Waals surface area contributed by atoms with Gasteiger partial charge in [0.15, 0.2) is 0 Å². The molecule has 4 nitrogen and oxygen atoms in total. The summed E-state index contributed by atoms with van der Waals surface area (Å²) < 4.78 is 80.3. The van der Waals surface area contributed by atoms with Crippen molar-refractivity contribution in [1.82, 2.24) is 14.5 Å². The Hall–Kier alpha value is -2.01. The molecule has 1 heterocycles. The first-order valence-electron chi connectivity index (χ1n) is 6.68. The summed E-state index contributed by atoms with van der Waals surface area (Å²) in [4.78, 5) is 11.6. The second kappa shape index (κ2) is 7.08. The van der Waals surface area contributed by atoms with Crippen LogP contribution in [0.15, 0.2) is 46.2 Å². The van der Waals surface area contributed by atoms with Crippen LogP contribution in [-0.2, 0) is 13.2 Å². The minimum absolute atomic E-state index is 0.143. The number of aromatic nitrogens is 2. The number of nitrogens with one attached hydrogen (secondary N) is 1. The van der Waals surface area contributed by atoms with Crippen molar-refractivity contribution in [2.45, 2.75) is 23.3 Å². The SMILES string of the molecule is Cn1ncc(SNC(c2ccc(C(F)(F)F)cc2)C(F)(F)F)cc1=O. The highest BCUT2D eigenvalue weighted by Gasteiger charge is 2.41. The van der Waals surface area contributed by atoms with Crippen LogP contribution in [0.2, 0.25) is 0 Å². The Kier molecular flexibility index (Phi) is 5.47. The zero-order chi connectivity index (χ0) is 18.8. The van der Waals surface area contributed by atoms with Crippen LogP contribution in [0.25, 0.3) is 0 Å². The van der Waals surface area contributed by atoms with Crippen molar-refractivity contribution in [2.75, 3.05) is 0 Å². The second-order valence-corrected chi connectivity index (χ2v) is 5.88. The average molecular weight is 383 g/mol. The van der Waals surface area contributed by atoms with E-state index in [0.29, 0.717) is 24.1 Å². The predicted octanol–water partition coefficient (Wildman–Crippen LogP) is 3.70. The fraction of sp³-hybridized carbons (Fsp3) is 0.286. The zero-order valence-electron chi connectivity index (χ0n) is 12.5. The molecule has 1 aromatic heterocycles. The van der Waals surface area contributed by atoms with E-state index in [-0.39, 0.29) is 10.5 Å². The first-order valence-corrected chi connectivity index (χ1v) is 7.50. The Bertz CT molecular complexity index is 785. The lowest BCUT2D eigenvalue weighted by molar-refractivity contribution is -0.152. The maximum Gasteiger partial charge on any atom is 0.416 e. The summed E-state index contributed by atoms with van der Waals surface area (Å²) in [6.45, 7) is 0. The second-order valence-electron chi connectivity index (χ2n) is 4.97. The summed E-state index contributed by atoms with van der Waals surface area (Å²) in [5, 5.41) is 3.67. The van der Waals surface area contributed by atoms with Crippen molar-refractivity contribution in [2.24, 2.45) is 7.05 Å². The lowest BCUT2D eigenvalue weighted by Crippen LogP contribution is -2.30. The van der Waals surface area contributed by atoms with Crippen LogP contribution in [0.3, 0.4) is 0 Å². The van der Waals surface area contributed by atoms with Gasteiger partial charge in [-0.1, -0.05) is 12.1 Å². The van der Waals surface area contributed by atoms with E-state index in [1.165, 1.54) is 13.2 Å². The van der Waals surface area contributed by atoms with Gasteiger partial charge in [0.2, 0.25) is 0 Å². The smallest absolute Gasteiger partial charge is 0.268 e. The number of aryl methyl sites for hydroxylation is 1. The van der Waals surface area contributed by atoms with Gasteiger partial charge in [-0.2, -0.15) is 31.4 Å². The molecule has 1 atom stereocenters. The third-order valence-electron chi connectivity index (χ3n) is 3.14. The number of hydrogen-bond acceptors (Lipinski definition) is 4. The molecule has 0 aliphatic heterocycles. The van der Waals surface area contributed by atoms with Gasteiger partial charge in [0.25, 0.3) is 5.56 Å². The van der Waals surface area contributed by atoms with Gasteiger partial charge in [0, 0.05) is 18.0 Å². The summed E-state index contributed by atoms with van der Waals surface area (Å²) in [6, 6.07) is 1.56. The molecule has 2 aromatic rings. The van der Waals surface area contributed by atoms with Gasteiger partial charge < -0.3 is 0 Å². The molecule has 0 aliphatic carbocycles. The molecule has 0 saturated carbocycles. The van der Waals surface area contributed by atoms with Crippen molar-refractivity contribution in [3.63, 3.8) is 0 Å². The standard InChI is InChI=1S/C14H11F6N3OS/c1-23-11(24)6-10(7-21-23)25-22-12(14(18,19)20)8-2-4-9(5-3-8)13(15,16)17/h2-7,12,22H,1H3. The van der Waals surface area contributed by atoms with E-state index in [2.05, 4.69) is 9.82 Å². The van der Waals surface area contributed by atoms with Gasteiger partial charge in [0.1, 0.15) is 6.04 Å². The number of alkyl halides is 6. The largest absolute Gasteiger partial charge is 0.416 e. The Morgan fingerprint density at radius 1 is 1.12 bits per heavy atom. The van der Waals surface area contributed by atoms with E-state index < -0.39 is 29.5 Å². The summed E-state index contributed by atoms with van der Waals surface area (Å²) in [7, 11) is 1.38. The van der Waals surface area contributed by atoms with Crippen LogP contribution < -0.4 is 10.3 Å². The fourth-order valence-electron chi connectivity index (χ4n) is 1.82. The van der Waals surface area contributed by atoms with Crippen LogP contribution in [0.1, 0.15) is 17.2 Å². The molecule has 2 rings (SSSR count). The first kappa shape index (κ1) is 19.3. The quantitative estimate of drug-likeness (QED) is 0.646. The lowest BCUT2D eigenvalue weighted by atomic mass is 10.1. The van der Waals surface area contributed by atoms with Gasteiger partial charge in [-0.3, -0.25) is 4.79 Å². The Morgan fingerprint density at radius 3 is 2.20 bits per heavy atom. The summed E-state index contributed by atoms with van der Waals surface area (Å²) in [5.41, 5.74) is -1.93. The number of halogens is 6. The number of benzene rings is 1. The van der Waals surface area contributed by atoms with Gasteiger partial charge in [0.05, 0.1) is 11.8 Å². The Balaban J connectivity index is 2.22. The number of rotatable bonds is 4. The van der Waals surface area contributed by atoms with E-state index in [9.17, 15) is 31.1 Å². The zero-order valence-corrected chi connectivity index (χ0v) is 13.3. The van der Waals surface area contributed by atoms with Crippen molar-refractivity contribution in [1.29, 1.82) is 0 Å². The third-order valence-corrected chi connectivity index (χ3v) is 3.95. The van der Waals surface area contributed by atoms with E-state index in [0.717, 1.165) is 22.9 Å². The summed E-state index contributed by atoms with van der Waals surface area (Å²) in [6.07, 6.45) is -8.19. The summed E-state index contributed by atoms with van der Waals surface area (Å²) in [5.74, 6) is 0. The average Bonchev–Trinajstić information content (AvgIpc) is 2.49. The van der Waals surface area contributed by atoms with Crippen LogP contribution in [-0.4, -0.2) is 16.0 Å². The van der Waals surface area contributed by atoms with Crippen LogP contribution in [0.4, 0.5) is 26.3 Å². The predicted molar refractivity (Wildman–Crippen MR) is 78.7 cm³/mol. The van der Waals surface area contributed by atoms with Gasteiger partial charge in [-0.05, 0) is 29.6 Å². The first-order chi connectivity index (χ1) is 11.5. The van der Waals surface area contributed by atoms with Gasteiger partial charge in [-0.15, -0.1) is 0 Å².